The summed E-state index contributed by atoms with van der Waals surface area (Å²) in [6.45, 7) is 16.1. The zero-order chi connectivity index (χ0) is 12.8. The zero-order valence-electron chi connectivity index (χ0n) is 10.9. The fourth-order valence-corrected chi connectivity index (χ4v) is 1.73. The van der Waals surface area contributed by atoms with Crippen molar-refractivity contribution in [3.05, 3.63) is 34.7 Å². The third-order valence-corrected chi connectivity index (χ3v) is 2.58. The van der Waals surface area contributed by atoms with Crippen molar-refractivity contribution in [3.8, 4) is 11.5 Å². The molecule has 0 amide bonds. The highest BCUT2D eigenvalue weighted by Gasteiger charge is 2.16. The van der Waals surface area contributed by atoms with E-state index >= 15 is 0 Å². The summed E-state index contributed by atoms with van der Waals surface area (Å²) in [5, 5.41) is 0. The molecule has 0 spiro atoms. The molecule has 3 heteroatoms. The minimum atomic E-state index is -0.148. The van der Waals surface area contributed by atoms with Gasteiger partial charge in [0.2, 0.25) is 6.04 Å². The highest BCUT2D eigenvalue weighted by Crippen LogP contribution is 2.34. The smallest absolute Gasteiger partial charge is 0.246 e. The van der Waals surface area contributed by atoms with Crippen LogP contribution in [0.15, 0.2) is 12.1 Å². The van der Waals surface area contributed by atoms with E-state index in [2.05, 4.69) is 4.85 Å². The van der Waals surface area contributed by atoms with Gasteiger partial charge in [-0.2, -0.15) is 0 Å². The Labute approximate surface area is 103 Å². The fourth-order valence-electron chi connectivity index (χ4n) is 1.73. The third kappa shape index (κ3) is 3.13. The van der Waals surface area contributed by atoms with E-state index in [1.165, 1.54) is 0 Å². The number of nitrogens with zero attached hydrogens (tertiary/aromatic N) is 1. The largest absolute Gasteiger partial charge is 0.490 e. The number of hydrogen-bond acceptors (Lipinski definition) is 2. The molecule has 1 aromatic carbocycles. The van der Waals surface area contributed by atoms with E-state index in [1.807, 2.05) is 39.8 Å². The minimum absolute atomic E-state index is 0.148. The van der Waals surface area contributed by atoms with Crippen molar-refractivity contribution in [3.63, 3.8) is 0 Å². The Balaban J connectivity index is 3.19. The summed E-state index contributed by atoms with van der Waals surface area (Å²) in [6.07, 6.45) is 0. The van der Waals surface area contributed by atoms with Crippen LogP contribution in [0.1, 0.15) is 37.9 Å². The van der Waals surface area contributed by atoms with Gasteiger partial charge in [0.1, 0.15) is 0 Å². The van der Waals surface area contributed by atoms with E-state index < -0.39 is 0 Å². The molecule has 0 saturated carbocycles. The van der Waals surface area contributed by atoms with Crippen LogP contribution < -0.4 is 9.47 Å². The molecule has 0 aliphatic heterocycles. The Hall–Kier alpha value is -1.69. The van der Waals surface area contributed by atoms with Crippen molar-refractivity contribution in [2.75, 3.05) is 13.2 Å². The summed E-state index contributed by atoms with van der Waals surface area (Å²) in [5.74, 6) is 1.48. The molecule has 0 radical (unpaired) electrons. The topological polar surface area (TPSA) is 22.8 Å². The maximum absolute atomic E-state index is 7.10. The van der Waals surface area contributed by atoms with Crippen molar-refractivity contribution in [2.45, 2.75) is 33.7 Å². The third-order valence-electron chi connectivity index (χ3n) is 2.58. The lowest BCUT2D eigenvalue weighted by Crippen LogP contribution is -2.01. The van der Waals surface area contributed by atoms with E-state index in [0.717, 1.165) is 22.6 Å². The molecule has 0 saturated heterocycles. The second-order valence-corrected chi connectivity index (χ2v) is 3.83. The molecule has 0 fully saturated rings. The quantitative estimate of drug-likeness (QED) is 0.722. The summed E-state index contributed by atoms with van der Waals surface area (Å²) in [7, 11) is 0. The summed E-state index contributed by atoms with van der Waals surface area (Å²) < 4.78 is 11.1. The molecule has 92 valence electrons. The van der Waals surface area contributed by atoms with Crippen LogP contribution in [0.4, 0.5) is 0 Å². The van der Waals surface area contributed by atoms with E-state index in [9.17, 15) is 0 Å². The van der Waals surface area contributed by atoms with E-state index in [-0.39, 0.29) is 6.04 Å². The van der Waals surface area contributed by atoms with Crippen molar-refractivity contribution in [2.24, 2.45) is 0 Å². The molecule has 1 rings (SSSR count). The SMILES string of the molecule is [C-]#[N+]C(C)c1cc(OCC)c(OCC)cc1C. The van der Waals surface area contributed by atoms with Gasteiger partial charge in [0.25, 0.3) is 0 Å². The Morgan fingerprint density at radius 2 is 1.71 bits per heavy atom. The highest BCUT2D eigenvalue weighted by atomic mass is 16.5. The van der Waals surface area contributed by atoms with Crippen LogP contribution in [-0.4, -0.2) is 13.2 Å². The van der Waals surface area contributed by atoms with Gasteiger partial charge >= 0.3 is 0 Å². The normalized spacial score (nSPS) is 11.7. The Kier molecular flexibility index (Phi) is 4.84. The summed E-state index contributed by atoms with van der Waals surface area (Å²) in [4.78, 5) is 3.55. The molecule has 0 bridgehead atoms. The van der Waals surface area contributed by atoms with Crippen LogP contribution in [0.5, 0.6) is 11.5 Å². The molecule has 0 aliphatic rings. The van der Waals surface area contributed by atoms with Crippen LogP contribution >= 0.6 is 0 Å². The van der Waals surface area contributed by atoms with Gasteiger partial charge < -0.3 is 14.3 Å². The predicted molar refractivity (Wildman–Crippen MR) is 68.5 cm³/mol. The molecule has 1 atom stereocenters. The van der Waals surface area contributed by atoms with E-state index in [1.54, 1.807) is 0 Å². The highest BCUT2D eigenvalue weighted by molar-refractivity contribution is 5.48. The van der Waals surface area contributed by atoms with Crippen molar-refractivity contribution >= 4 is 0 Å². The van der Waals surface area contributed by atoms with Gasteiger partial charge in [0.05, 0.1) is 13.2 Å². The lowest BCUT2D eigenvalue weighted by molar-refractivity contribution is 0.287. The molecular weight excluding hydrogens is 214 g/mol. The molecule has 0 N–H and O–H groups in total. The molecule has 1 aromatic rings. The van der Waals surface area contributed by atoms with Crippen molar-refractivity contribution < 1.29 is 9.47 Å². The second kappa shape index (κ2) is 6.15. The molecular formula is C14H19NO2. The average molecular weight is 233 g/mol. The summed E-state index contributed by atoms with van der Waals surface area (Å²) in [6, 6.07) is 3.72. The van der Waals surface area contributed by atoms with Crippen LogP contribution in [0.25, 0.3) is 4.85 Å². The van der Waals surface area contributed by atoms with Gasteiger partial charge in [-0.25, -0.2) is 6.57 Å². The van der Waals surface area contributed by atoms with Crippen molar-refractivity contribution in [1.82, 2.24) is 0 Å². The van der Waals surface area contributed by atoms with E-state index in [0.29, 0.717) is 13.2 Å². The molecule has 0 aliphatic carbocycles. The fraction of sp³-hybridized carbons (Fsp3) is 0.500. The van der Waals surface area contributed by atoms with Crippen LogP contribution in [-0.2, 0) is 0 Å². The summed E-state index contributed by atoms with van der Waals surface area (Å²) in [5.41, 5.74) is 2.08. The minimum Gasteiger partial charge on any atom is -0.490 e. The number of aryl methyl sites for hydroxylation is 1. The lowest BCUT2D eigenvalue weighted by atomic mass is 10.0. The van der Waals surface area contributed by atoms with Gasteiger partial charge in [-0.3, -0.25) is 0 Å². The predicted octanol–water partition coefficient (Wildman–Crippen LogP) is 3.77. The number of benzene rings is 1. The van der Waals surface area contributed by atoms with Gasteiger partial charge in [-0.05, 0) is 38.5 Å². The first kappa shape index (κ1) is 13.4. The number of hydrogen-bond donors (Lipinski definition) is 0. The standard InChI is InChI=1S/C14H19NO2/c1-6-16-13-8-10(3)12(11(4)15-5)9-14(13)17-7-2/h8-9,11H,6-7H2,1-4H3. The number of ether oxygens (including phenoxy) is 2. The van der Waals surface area contributed by atoms with Gasteiger partial charge in [-0.15, -0.1) is 0 Å². The zero-order valence-corrected chi connectivity index (χ0v) is 10.9. The van der Waals surface area contributed by atoms with Crippen LogP contribution in [0, 0.1) is 13.5 Å². The molecule has 0 heterocycles. The molecule has 17 heavy (non-hydrogen) atoms. The monoisotopic (exact) mass is 233 g/mol. The van der Waals surface area contributed by atoms with Crippen LogP contribution in [0.2, 0.25) is 0 Å². The first-order valence-corrected chi connectivity index (χ1v) is 5.90. The Morgan fingerprint density at radius 1 is 1.18 bits per heavy atom. The maximum Gasteiger partial charge on any atom is 0.246 e. The molecule has 0 aromatic heterocycles. The van der Waals surface area contributed by atoms with E-state index in [4.69, 9.17) is 16.0 Å². The first-order chi connectivity index (χ1) is 8.13. The summed E-state index contributed by atoms with van der Waals surface area (Å²) >= 11 is 0. The lowest BCUT2D eigenvalue weighted by Gasteiger charge is -2.14. The molecule has 1 unspecified atom stereocenters. The first-order valence-electron chi connectivity index (χ1n) is 5.90. The van der Waals surface area contributed by atoms with Crippen molar-refractivity contribution in [1.29, 1.82) is 0 Å². The van der Waals surface area contributed by atoms with Crippen LogP contribution in [0.3, 0.4) is 0 Å². The van der Waals surface area contributed by atoms with Gasteiger partial charge in [0, 0.05) is 12.5 Å². The average Bonchev–Trinajstić information content (AvgIpc) is 2.32. The maximum atomic E-state index is 7.10. The molecule has 3 nitrogen and oxygen atoms in total. The Bertz CT molecular complexity index is 421. The van der Waals surface area contributed by atoms with Gasteiger partial charge in [0.15, 0.2) is 11.5 Å². The van der Waals surface area contributed by atoms with Gasteiger partial charge in [-0.1, -0.05) is 0 Å². The second-order valence-electron chi connectivity index (χ2n) is 3.83. The Morgan fingerprint density at radius 3 is 2.18 bits per heavy atom. The number of rotatable bonds is 5.